The summed E-state index contributed by atoms with van der Waals surface area (Å²) >= 11 is 7.73. The maximum absolute atomic E-state index is 6.10. The molecule has 0 atom stereocenters. The fraction of sp³-hybridized carbons (Fsp3) is 0.308. The molecule has 5 heteroatoms. The van der Waals surface area contributed by atoms with Crippen LogP contribution >= 0.6 is 22.9 Å². The Hall–Kier alpha value is -1.10. The summed E-state index contributed by atoms with van der Waals surface area (Å²) in [5.41, 5.74) is 2.05. The van der Waals surface area contributed by atoms with Crippen molar-refractivity contribution in [3.05, 3.63) is 44.9 Å². The first kappa shape index (κ1) is 13.3. The van der Waals surface area contributed by atoms with Crippen molar-refractivity contribution >= 4 is 22.9 Å². The Bertz CT molecular complexity index is 527. The molecule has 0 radical (unpaired) electrons. The highest BCUT2D eigenvalue weighted by Gasteiger charge is 2.05. The summed E-state index contributed by atoms with van der Waals surface area (Å²) in [6.45, 7) is 3.24. The number of rotatable bonds is 5. The van der Waals surface area contributed by atoms with Crippen LogP contribution in [-0.4, -0.2) is 12.0 Å². The predicted molar refractivity (Wildman–Crippen MR) is 75.4 cm³/mol. The highest BCUT2D eigenvalue weighted by atomic mass is 35.5. The number of ether oxygens (including phenoxy) is 1. The van der Waals surface area contributed by atoms with E-state index in [4.69, 9.17) is 16.3 Å². The van der Waals surface area contributed by atoms with Crippen molar-refractivity contribution in [1.29, 1.82) is 0 Å². The molecular formula is C13H15ClN2OS. The molecule has 18 heavy (non-hydrogen) atoms. The van der Waals surface area contributed by atoms with Crippen LogP contribution in [0, 0.1) is 6.92 Å². The molecule has 0 aliphatic rings. The quantitative estimate of drug-likeness (QED) is 0.913. The lowest BCUT2D eigenvalue weighted by atomic mass is 10.2. The van der Waals surface area contributed by atoms with Crippen molar-refractivity contribution in [2.45, 2.75) is 20.1 Å². The van der Waals surface area contributed by atoms with E-state index in [0.29, 0.717) is 17.4 Å². The van der Waals surface area contributed by atoms with Gasteiger partial charge in [0.05, 0.1) is 10.7 Å². The van der Waals surface area contributed by atoms with E-state index < -0.39 is 0 Å². The van der Waals surface area contributed by atoms with Gasteiger partial charge >= 0.3 is 0 Å². The highest BCUT2D eigenvalue weighted by Crippen LogP contribution is 2.26. The third-order valence-electron chi connectivity index (χ3n) is 2.39. The SMILES string of the molecule is CNCc1nc(COc2ccc(C)cc2Cl)cs1. The fourth-order valence-electron chi connectivity index (χ4n) is 1.52. The summed E-state index contributed by atoms with van der Waals surface area (Å²) in [5.74, 6) is 0.699. The fourth-order valence-corrected chi connectivity index (χ4v) is 2.60. The number of aromatic nitrogens is 1. The van der Waals surface area contributed by atoms with Crippen molar-refractivity contribution in [3.8, 4) is 5.75 Å². The lowest BCUT2D eigenvalue weighted by Gasteiger charge is -2.06. The number of nitrogens with zero attached hydrogens (tertiary/aromatic N) is 1. The van der Waals surface area contributed by atoms with E-state index in [1.54, 1.807) is 11.3 Å². The average molecular weight is 283 g/mol. The Morgan fingerprint density at radius 2 is 2.28 bits per heavy atom. The summed E-state index contributed by atoms with van der Waals surface area (Å²) in [7, 11) is 1.91. The number of thiazole rings is 1. The first-order valence-corrected chi connectivity index (χ1v) is 6.91. The molecule has 1 heterocycles. The minimum Gasteiger partial charge on any atom is -0.486 e. The third-order valence-corrected chi connectivity index (χ3v) is 3.58. The van der Waals surface area contributed by atoms with Gasteiger partial charge in [0.1, 0.15) is 17.4 Å². The molecule has 0 aliphatic heterocycles. The highest BCUT2D eigenvalue weighted by molar-refractivity contribution is 7.09. The van der Waals surface area contributed by atoms with Gasteiger partial charge in [0.15, 0.2) is 0 Å². The molecule has 0 amide bonds. The smallest absolute Gasteiger partial charge is 0.138 e. The Balaban J connectivity index is 1.97. The van der Waals surface area contributed by atoms with Gasteiger partial charge in [-0.3, -0.25) is 0 Å². The van der Waals surface area contributed by atoms with E-state index in [-0.39, 0.29) is 0 Å². The molecule has 2 rings (SSSR count). The van der Waals surface area contributed by atoms with E-state index in [1.165, 1.54) is 0 Å². The van der Waals surface area contributed by atoms with E-state index in [1.807, 2.05) is 37.6 Å². The van der Waals surface area contributed by atoms with Crippen LogP contribution in [0.5, 0.6) is 5.75 Å². The standard InChI is InChI=1S/C13H15ClN2OS/c1-9-3-4-12(11(14)5-9)17-7-10-8-18-13(16-10)6-15-2/h3-5,8,15H,6-7H2,1-2H3. The number of aryl methyl sites for hydroxylation is 1. The zero-order valence-corrected chi connectivity index (χ0v) is 11.9. The summed E-state index contributed by atoms with van der Waals surface area (Å²) in [6.07, 6.45) is 0. The Morgan fingerprint density at radius 1 is 1.44 bits per heavy atom. The van der Waals surface area contributed by atoms with Gasteiger partial charge in [0, 0.05) is 11.9 Å². The maximum atomic E-state index is 6.10. The minimum absolute atomic E-state index is 0.447. The summed E-state index contributed by atoms with van der Waals surface area (Å²) in [5, 5.41) is 6.78. The average Bonchev–Trinajstić information content (AvgIpc) is 2.76. The van der Waals surface area contributed by atoms with Gasteiger partial charge in [-0.15, -0.1) is 11.3 Å². The summed E-state index contributed by atoms with van der Waals surface area (Å²) in [4.78, 5) is 4.45. The van der Waals surface area contributed by atoms with Crippen LogP contribution in [0.25, 0.3) is 0 Å². The van der Waals surface area contributed by atoms with Crippen LogP contribution in [0.3, 0.4) is 0 Å². The molecule has 0 fully saturated rings. The molecule has 0 spiro atoms. The largest absolute Gasteiger partial charge is 0.486 e. The second-order valence-electron chi connectivity index (χ2n) is 3.99. The number of nitrogens with one attached hydrogen (secondary N) is 1. The van der Waals surface area contributed by atoms with Crippen molar-refractivity contribution in [2.24, 2.45) is 0 Å². The molecule has 0 aliphatic carbocycles. The molecule has 1 aromatic carbocycles. The van der Waals surface area contributed by atoms with Crippen molar-refractivity contribution in [2.75, 3.05) is 7.05 Å². The van der Waals surface area contributed by atoms with Gasteiger partial charge < -0.3 is 10.1 Å². The number of halogens is 1. The molecule has 1 N–H and O–H groups in total. The summed E-state index contributed by atoms with van der Waals surface area (Å²) < 4.78 is 5.66. The van der Waals surface area contributed by atoms with Gasteiger partial charge in [-0.1, -0.05) is 17.7 Å². The van der Waals surface area contributed by atoms with Crippen molar-refractivity contribution < 1.29 is 4.74 Å². The molecule has 0 saturated heterocycles. The van der Waals surface area contributed by atoms with Crippen molar-refractivity contribution in [1.82, 2.24) is 10.3 Å². The lowest BCUT2D eigenvalue weighted by Crippen LogP contribution is -2.05. The number of hydrogen-bond acceptors (Lipinski definition) is 4. The monoisotopic (exact) mass is 282 g/mol. The van der Waals surface area contributed by atoms with Gasteiger partial charge in [-0.05, 0) is 31.7 Å². The van der Waals surface area contributed by atoms with Crippen LogP contribution in [0.1, 0.15) is 16.3 Å². The molecule has 0 bridgehead atoms. The topological polar surface area (TPSA) is 34.2 Å². The number of hydrogen-bond donors (Lipinski definition) is 1. The molecular weight excluding hydrogens is 268 g/mol. The predicted octanol–water partition coefficient (Wildman–Crippen LogP) is 3.40. The van der Waals surface area contributed by atoms with E-state index in [9.17, 15) is 0 Å². The number of benzene rings is 1. The van der Waals surface area contributed by atoms with Crippen LogP contribution < -0.4 is 10.1 Å². The van der Waals surface area contributed by atoms with Crippen LogP contribution in [0.4, 0.5) is 0 Å². The normalized spacial score (nSPS) is 10.6. The molecule has 3 nitrogen and oxygen atoms in total. The molecule has 2 aromatic rings. The van der Waals surface area contributed by atoms with Crippen LogP contribution in [0.2, 0.25) is 5.02 Å². The van der Waals surface area contributed by atoms with Gasteiger partial charge in [0.2, 0.25) is 0 Å². The van der Waals surface area contributed by atoms with Gasteiger partial charge in [-0.2, -0.15) is 0 Å². The second-order valence-corrected chi connectivity index (χ2v) is 5.34. The van der Waals surface area contributed by atoms with E-state index >= 15 is 0 Å². The third kappa shape index (κ3) is 3.45. The molecule has 0 unspecified atom stereocenters. The van der Waals surface area contributed by atoms with Crippen molar-refractivity contribution in [3.63, 3.8) is 0 Å². The van der Waals surface area contributed by atoms with Gasteiger partial charge in [0.25, 0.3) is 0 Å². The molecule has 96 valence electrons. The van der Waals surface area contributed by atoms with Crippen LogP contribution in [0.15, 0.2) is 23.6 Å². The Morgan fingerprint density at radius 3 is 3.00 bits per heavy atom. The maximum Gasteiger partial charge on any atom is 0.138 e. The Labute approximate surface area is 116 Å². The molecule has 1 aromatic heterocycles. The first-order valence-electron chi connectivity index (χ1n) is 5.66. The second kappa shape index (κ2) is 6.18. The van der Waals surface area contributed by atoms with E-state index in [0.717, 1.165) is 22.8 Å². The van der Waals surface area contributed by atoms with Crippen LogP contribution in [-0.2, 0) is 13.2 Å². The Kier molecular flexibility index (Phi) is 4.58. The molecule has 0 saturated carbocycles. The summed E-state index contributed by atoms with van der Waals surface area (Å²) in [6, 6.07) is 5.76. The zero-order chi connectivity index (χ0) is 13.0. The van der Waals surface area contributed by atoms with Gasteiger partial charge in [-0.25, -0.2) is 4.98 Å². The van der Waals surface area contributed by atoms with E-state index in [2.05, 4.69) is 10.3 Å². The zero-order valence-electron chi connectivity index (χ0n) is 10.4. The minimum atomic E-state index is 0.447. The first-order chi connectivity index (χ1) is 8.69. The lowest BCUT2D eigenvalue weighted by molar-refractivity contribution is 0.302.